The van der Waals surface area contributed by atoms with E-state index in [1.807, 2.05) is 37.3 Å². The normalized spacial score (nSPS) is 28.7. The summed E-state index contributed by atoms with van der Waals surface area (Å²) in [5.41, 5.74) is 2.03. The minimum absolute atomic E-state index is 0.167. The van der Waals surface area contributed by atoms with Gasteiger partial charge in [-0.3, -0.25) is 4.79 Å². The van der Waals surface area contributed by atoms with Crippen LogP contribution < -0.4 is 10.6 Å². The molecule has 0 unspecified atom stereocenters. The highest BCUT2D eigenvalue weighted by atomic mass is 16.5. The summed E-state index contributed by atoms with van der Waals surface area (Å²) >= 11 is 0. The highest BCUT2D eigenvalue weighted by Gasteiger charge is 2.51. The van der Waals surface area contributed by atoms with Crippen LogP contribution >= 0.6 is 0 Å². The van der Waals surface area contributed by atoms with E-state index in [2.05, 4.69) is 10.6 Å². The van der Waals surface area contributed by atoms with Crippen LogP contribution in [0, 0.1) is 23.2 Å². The summed E-state index contributed by atoms with van der Waals surface area (Å²) < 4.78 is 5.42. The molecule has 5 nitrogen and oxygen atoms in total. The first-order chi connectivity index (χ1) is 15.1. The fourth-order valence-corrected chi connectivity index (χ4v) is 6.95. The van der Waals surface area contributed by atoms with Gasteiger partial charge in [-0.1, -0.05) is 18.2 Å². The third-order valence-corrected chi connectivity index (χ3v) is 7.67. The van der Waals surface area contributed by atoms with Gasteiger partial charge in [0.25, 0.3) is 0 Å². The van der Waals surface area contributed by atoms with E-state index < -0.39 is 0 Å². The molecule has 0 aliphatic heterocycles. The van der Waals surface area contributed by atoms with Crippen molar-refractivity contribution >= 4 is 28.3 Å². The Balaban J connectivity index is 1.29. The molecule has 1 heterocycles. The van der Waals surface area contributed by atoms with Crippen molar-refractivity contribution in [2.75, 3.05) is 30.4 Å². The van der Waals surface area contributed by atoms with Crippen LogP contribution in [0.15, 0.2) is 30.3 Å². The van der Waals surface area contributed by atoms with Crippen molar-refractivity contribution in [1.82, 2.24) is 4.98 Å². The third kappa shape index (κ3) is 4.57. The summed E-state index contributed by atoms with van der Waals surface area (Å²) in [5.74, 6) is 3.58. The maximum atomic E-state index is 13.2. The fourth-order valence-electron chi connectivity index (χ4n) is 6.95. The number of ether oxygens (including phenoxy) is 1. The number of amides is 1. The maximum Gasteiger partial charge on any atom is 0.224 e. The number of hydrogen-bond donors (Lipinski definition) is 2. The van der Waals surface area contributed by atoms with Gasteiger partial charge in [0.05, 0.1) is 11.2 Å². The second kappa shape index (κ2) is 8.78. The topological polar surface area (TPSA) is 63.2 Å². The van der Waals surface area contributed by atoms with E-state index in [0.717, 1.165) is 66.3 Å². The minimum atomic E-state index is 0.167. The number of pyridine rings is 1. The van der Waals surface area contributed by atoms with Crippen LogP contribution in [-0.2, 0) is 9.53 Å². The Morgan fingerprint density at radius 3 is 2.55 bits per heavy atom. The van der Waals surface area contributed by atoms with E-state index in [9.17, 15) is 4.79 Å². The van der Waals surface area contributed by atoms with Crippen molar-refractivity contribution in [3.63, 3.8) is 0 Å². The van der Waals surface area contributed by atoms with Crippen molar-refractivity contribution in [3.8, 4) is 0 Å². The quantitative estimate of drug-likeness (QED) is 0.516. The molecule has 4 saturated carbocycles. The number of para-hydroxylation sites is 1. The van der Waals surface area contributed by atoms with Gasteiger partial charge in [-0.05, 0) is 81.1 Å². The fraction of sp³-hybridized carbons (Fsp3) is 0.615. The lowest BCUT2D eigenvalue weighted by Gasteiger charge is -2.56. The number of fused-ring (bicyclic) bond motifs is 1. The van der Waals surface area contributed by atoms with Crippen molar-refractivity contribution in [2.45, 2.75) is 58.3 Å². The lowest BCUT2D eigenvalue weighted by atomic mass is 9.49. The van der Waals surface area contributed by atoms with Gasteiger partial charge in [0, 0.05) is 37.6 Å². The van der Waals surface area contributed by atoms with Gasteiger partial charge in [0.2, 0.25) is 5.91 Å². The molecule has 1 amide bonds. The van der Waals surface area contributed by atoms with E-state index in [4.69, 9.17) is 9.72 Å². The molecule has 4 aliphatic rings. The lowest BCUT2D eigenvalue weighted by Crippen LogP contribution is -2.47. The second-order valence-corrected chi connectivity index (χ2v) is 10.2. The predicted octanol–water partition coefficient (Wildman–Crippen LogP) is 5.62. The Hall–Kier alpha value is -2.14. The molecule has 1 aromatic heterocycles. The zero-order chi connectivity index (χ0) is 21.3. The first-order valence-electron chi connectivity index (χ1n) is 12.1. The number of anilines is 2. The van der Waals surface area contributed by atoms with Gasteiger partial charge in [-0.15, -0.1) is 0 Å². The number of rotatable bonds is 9. The summed E-state index contributed by atoms with van der Waals surface area (Å²) in [6.45, 7) is 4.29. The zero-order valence-electron chi connectivity index (χ0n) is 18.7. The smallest absolute Gasteiger partial charge is 0.224 e. The molecule has 0 radical (unpaired) electrons. The summed E-state index contributed by atoms with van der Waals surface area (Å²) in [4.78, 5) is 18.0. The van der Waals surface area contributed by atoms with Crippen molar-refractivity contribution < 1.29 is 9.53 Å². The number of carbonyl (C=O) groups is 1. The zero-order valence-corrected chi connectivity index (χ0v) is 18.7. The Bertz CT molecular complexity index is 906. The molecule has 1 aromatic carbocycles. The van der Waals surface area contributed by atoms with Crippen molar-refractivity contribution in [3.05, 3.63) is 30.3 Å². The van der Waals surface area contributed by atoms with Crippen LogP contribution in [0.1, 0.15) is 58.3 Å². The van der Waals surface area contributed by atoms with Crippen molar-refractivity contribution in [2.24, 2.45) is 23.2 Å². The highest BCUT2D eigenvalue weighted by molar-refractivity contribution is 6.02. The molecule has 0 saturated heterocycles. The Kier molecular flexibility index (Phi) is 5.87. The van der Waals surface area contributed by atoms with Crippen LogP contribution in [0.4, 0.5) is 11.5 Å². The molecule has 5 heteroatoms. The molecule has 4 bridgehead atoms. The minimum Gasteiger partial charge on any atom is -0.382 e. The van der Waals surface area contributed by atoms with Gasteiger partial charge < -0.3 is 15.4 Å². The molecule has 0 atom stereocenters. The Labute approximate surface area is 185 Å². The molecule has 0 spiro atoms. The lowest BCUT2D eigenvalue weighted by molar-refractivity contribution is -0.124. The number of nitrogens with zero attached hydrogens (tertiary/aromatic N) is 1. The van der Waals surface area contributed by atoms with E-state index in [1.165, 1.54) is 38.5 Å². The predicted molar refractivity (Wildman–Crippen MR) is 125 cm³/mol. The summed E-state index contributed by atoms with van der Waals surface area (Å²) in [6, 6.07) is 10.0. The summed E-state index contributed by atoms with van der Waals surface area (Å²) in [5, 5.41) is 7.66. The Morgan fingerprint density at radius 2 is 1.84 bits per heavy atom. The first kappa shape index (κ1) is 20.7. The molecule has 4 aliphatic carbocycles. The Morgan fingerprint density at radius 1 is 1.13 bits per heavy atom. The van der Waals surface area contributed by atoms with Crippen LogP contribution in [0.2, 0.25) is 0 Å². The van der Waals surface area contributed by atoms with E-state index >= 15 is 0 Å². The van der Waals surface area contributed by atoms with Crippen LogP contribution in [-0.4, -0.2) is 30.6 Å². The van der Waals surface area contributed by atoms with Crippen molar-refractivity contribution in [1.29, 1.82) is 0 Å². The average molecular weight is 422 g/mol. The number of aromatic nitrogens is 1. The molecule has 2 aromatic rings. The molecule has 4 fully saturated rings. The van der Waals surface area contributed by atoms with Gasteiger partial charge in [0.1, 0.15) is 5.82 Å². The van der Waals surface area contributed by atoms with E-state index in [-0.39, 0.29) is 11.3 Å². The number of nitrogens with one attached hydrogen (secondary N) is 2. The SMILES string of the molecule is CCOCCCNc1cc(NC(=O)CC23CC4CC(CC(C4)C2)C3)c2ccccc2n1. The van der Waals surface area contributed by atoms with E-state index in [1.54, 1.807) is 0 Å². The largest absolute Gasteiger partial charge is 0.382 e. The molecular formula is C26H35N3O2. The highest BCUT2D eigenvalue weighted by Crippen LogP contribution is 2.61. The summed E-state index contributed by atoms with van der Waals surface area (Å²) in [7, 11) is 0. The molecule has 6 rings (SSSR count). The van der Waals surface area contributed by atoms with Gasteiger partial charge >= 0.3 is 0 Å². The standard InChI is InChI=1S/C26H35N3O2/c1-2-31-9-5-8-27-24-13-23(21-6-3-4-7-22(21)28-24)29-25(30)17-26-14-18-10-19(15-26)12-20(11-18)16-26/h3-4,6-7,13,18-20H,2,5,8-12,14-17H2,1H3,(H2,27,28,29,30). The molecule has 166 valence electrons. The first-order valence-corrected chi connectivity index (χ1v) is 12.1. The van der Waals surface area contributed by atoms with Gasteiger partial charge in [-0.25, -0.2) is 4.98 Å². The van der Waals surface area contributed by atoms with Crippen LogP contribution in [0.3, 0.4) is 0 Å². The van der Waals surface area contributed by atoms with E-state index in [0.29, 0.717) is 6.42 Å². The molecular weight excluding hydrogens is 386 g/mol. The maximum absolute atomic E-state index is 13.2. The summed E-state index contributed by atoms with van der Waals surface area (Å²) in [6.07, 6.45) is 9.61. The molecule has 31 heavy (non-hydrogen) atoms. The number of benzene rings is 1. The number of carbonyl (C=O) groups excluding carboxylic acids is 1. The van der Waals surface area contributed by atoms with Gasteiger partial charge in [0.15, 0.2) is 0 Å². The number of hydrogen-bond acceptors (Lipinski definition) is 4. The third-order valence-electron chi connectivity index (χ3n) is 7.67. The monoisotopic (exact) mass is 421 g/mol. The second-order valence-electron chi connectivity index (χ2n) is 10.2. The average Bonchev–Trinajstić information content (AvgIpc) is 2.72. The molecule has 2 N–H and O–H groups in total. The van der Waals surface area contributed by atoms with Gasteiger partial charge in [-0.2, -0.15) is 0 Å². The van der Waals surface area contributed by atoms with Crippen LogP contribution in [0.25, 0.3) is 10.9 Å². The van der Waals surface area contributed by atoms with Crippen LogP contribution in [0.5, 0.6) is 0 Å².